The molecule has 42 heavy (non-hydrogen) atoms. The van der Waals surface area contributed by atoms with E-state index in [-0.39, 0.29) is 18.3 Å². The van der Waals surface area contributed by atoms with Crippen molar-refractivity contribution in [1.29, 1.82) is 0 Å². The molecule has 0 N–H and O–H groups in total. The first-order valence-electron chi connectivity index (χ1n) is 14.0. The highest BCUT2D eigenvalue weighted by atomic mass is 31.3. The normalized spacial score (nSPS) is 23.7. The van der Waals surface area contributed by atoms with Gasteiger partial charge in [-0.3, -0.25) is 13.6 Å². The molecule has 0 unspecified atom stereocenters. The van der Waals surface area contributed by atoms with Gasteiger partial charge in [-0.05, 0) is 98.7 Å². The fourth-order valence-electron chi connectivity index (χ4n) is 3.82. The molecule has 0 atom stereocenters. The van der Waals surface area contributed by atoms with Crippen LogP contribution >= 0.6 is 23.0 Å². The lowest BCUT2D eigenvalue weighted by molar-refractivity contribution is 0.219. The largest absolute Gasteiger partial charge is 0.422 e. The van der Waals surface area contributed by atoms with Crippen molar-refractivity contribution in [3.8, 4) is 17.2 Å². The Labute approximate surface area is 250 Å². The van der Waals surface area contributed by atoms with Crippen LogP contribution in [0.15, 0.2) is 86.3 Å². The number of rotatable bonds is 12. The zero-order chi connectivity index (χ0) is 30.5. The molecular weight excluding hydrogens is 591 g/mol. The molecule has 4 rings (SSSR count). The molecule has 12 heteroatoms. The molecule has 0 radical (unpaired) electrons. The highest BCUT2D eigenvalue weighted by Crippen LogP contribution is 2.80. The fourth-order valence-corrected chi connectivity index (χ4v) is 13.5. The van der Waals surface area contributed by atoms with Gasteiger partial charge in [0.05, 0.1) is 18.3 Å². The van der Waals surface area contributed by atoms with E-state index in [0.29, 0.717) is 17.2 Å². The van der Waals surface area contributed by atoms with Crippen LogP contribution in [-0.4, -0.2) is 18.3 Å². The predicted molar refractivity (Wildman–Crippen MR) is 172 cm³/mol. The average molecular weight is 634 g/mol. The molecule has 1 aliphatic heterocycles. The minimum Gasteiger partial charge on any atom is -0.422 e. The van der Waals surface area contributed by atoms with Gasteiger partial charge in [-0.1, -0.05) is 53.1 Å². The van der Waals surface area contributed by atoms with Crippen LogP contribution in [0, 0.1) is 20.8 Å². The molecule has 228 valence electrons. The van der Waals surface area contributed by atoms with Gasteiger partial charge in [0.25, 0.3) is 0 Å². The van der Waals surface area contributed by atoms with Crippen molar-refractivity contribution < 1.29 is 27.1 Å². The molecule has 0 amide bonds. The van der Waals surface area contributed by atoms with E-state index in [1.54, 1.807) is 0 Å². The number of benzene rings is 3. The van der Waals surface area contributed by atoms with Gasteiger partial charge in [0.15, 0.2) is 0 Å². The lowest BCUT2D eigenvalue weighted by Crippen LogP contribution is -2.13. The van der Waals surface area contributed by atoms with E-state index >= 15 is 0 Å². The zero-order valence-electron chi connectivity index (χ0n) is 25.8. The summed E-state index contributed by atoms with van der Waals surface area (Å²) in [6, 6.07) is 23.0. The Hall–Kier alpha value is -2.37. The Morgan fingerprint density at radius 1 is 0.405 bits per heavy atom. The molecule has 1 heterocycles. The minimum atomic E-state index is -3.58. The first-order valence-corrected chi connectivity index (χ1v) is 18.6. The molecule has 0 aliphatic carbocycles. The van der Waals surface area contributed by atoms with Crippen molar-refractivity contribution in [3.05, 3.63) is 89.5 Å². The van der Waals surface area contributed by atoms with Gasteiger partial charge >= 0.3 is 23.0 Å². The van der Waals surface area contributed by atoms with Crippen LogP contribution in [0.3, 0.4) is 0 Å². The van der Waals surface area contributed by atoms with E-state index in [4.69, 9.17) is 40.7 Å². The van der Waals surface area contributed by atoms with E-state index < -0.39 is 23.0 Å². The molecule has 1 aliphatic rings. The number of aryl methyl sites for hydroxylation is 3. The average Bonchev–Trinajstić information content (AvgIpc) is 2.86. The molecule has 0 fully saturated rings. The molecule has 0 spiro atoms. The Morgan fingerprint density at radius 2 is 0.619 bits per heavy atom. The van der Waals surface area contributed by atoms with Gasteiger partial charge < -0.3 is 13.6 Å². The van der Waals surface area contributed by atoms with Crippen LogP contribution in [-0.2, 0) is 13.6 Å². The Kier molecular flexibility index (Phi) is 10.5. The minimum absolute atomic E-state index is 0.310. The van der Waals surface area contributed by atoms with Gasteiger partial charge in [0, 0.05) is 0 Å². The number of hydrogen-bond acceptors (Lipinski definition) is 9. The fraction of sp³-hybridized carbons (Fsp3) is 0.400. The summed E-state index contributed by atoms with van der Waals surface area (Å²) in [6.07, 6.45) is -0.930. The third-order valence-electron chi connectivity index (χ3n) is 5.46. The van der Waals surface area contributed by atoms with Crippen molar-refractivity contribution in [3.63, 3.8) is 0 Å². The smallest absolute Gasteiger partial charge is 0.404 e. The molecular formula is C30H42N3O6P3. The Morgan fingerprint density at radius 3 is 0.810 bits per heavy atom. The topological polar surface area (TPSA) is 92.5 Å². The van der Waals surface area contributed by atoms with Gasteiger partial charge in [-0.2, -0.15) is 0 Å². The third-order valence-corrected chi connectivity index (χ3v) is 14.3. The van der Waals surface area contributed by atoms with Crippen molar-refractivity contribution in [1.82, 2.24) is 0 Å². The zero-order valence-corrected chi connectivity index (χ0v) is 28.5. The second-order valence-electron chi connectivity index (χ2n) is 10.9. The molecule has 0 saturated carbocycles. The molecule has 0 saturated heterocycles. The first kappa shape index (κ1) is 32.5. The first-order chi connectivity index (χ1) is 19.8. The van der Waals surface area contributed by atoms with Crippen molar-refractivity contribution >= 4 is 23.0 Å². The van der Waals surface area contributed by atoms with Gasteiger partial charge in [-0.25, -0.2) is 0 Å². The Balaban J connectivity index is 2.05. The summed E-state index contributed by atoms with van der Waals surface area (Å²) in [5, 5.41) is 0. The SMILES string of the molecule is Cc1ccc(OP2(OC(C)C)=NP(Oc3ccc(C)cc3)(OC(C)C)=NP(Oc3ccc(C)cc3)(OC(C)C)=N2)cc1. The van der Waals surface area contributed by atoms with Crippen molar-refractivity contribution in [2.75, 3.05) is 0 Å². The van der Waals surface area contributed by atoms with Crippen LogP contribution in [0.1, 0.15) is 58.2 Å². The monoisotopic (exact) mass is 633 g/mol. The van der Waals surface area contributed by atoms with Gasteiger partial charge in [-0.15, -0.1) is 13.5 Å². The second-order valence-corrected chi connectivity index (χ2v) is 17.2. The highest BCUT2D eigenvalue weighted by molar-refractivity contribution is 7.78. The Bertz CT molecular complexity index is 1320. The highest BCUT2D eigenvalue weighted by Gasteiger charge is 2.47. The van der Waals surface area contributed by atoms with Crippen molar-refractivity contribution in [2.24, 2.45) is 13.5 Å². The summed E-state index contributed by atoms with van der Waals surface area (Å²) in [6.45, 7) is 17.5. The lowest BCUT2D eigenvalue weighted by atomic mass is 10.2. The van der Waals surface area contributed by atoms with Crippen LogP contribution in [0.25, 0.3) is 0 Å². The quantitative estimate of drug-likeness (QED) is 0.184. The van der Waals surface area contributed by atoms with E-state index in [1.807, 2.05) is 135 Å². The molecule has 3 aromatic rings. The second kappa shape index (κ2) is 13.5. The summed E-state index contributed by atoms with van der Waals surface area (Å²) < 4.78 is 54.7. The van der Waals surface area contributed by atoms with Crippen LogP contribution in [0.4, 0.5) is 0 Å². The predicted octanol–water partition coefficient (Wildman–Crippen LogP) is 11.3. The summed E-state index contributed by atoms with van der Waals surface area (Å²) in [5.74, 6) is 1.62. The van der Waals surface area contributed by atoms with Gasteiger partial charge in [0.1, 0.15) is 17.2 Å². The summed E-state index contributed by atoms with van der Waals surface area (Å²) >= 11 is 0. The lowest BCUT2D eigenvalue weighted by Gasteiger charge is -2.35. The maximum atomic E-state index is 6.63. The van der Waals surface area contributed by atoms with Crippen LogP contribution in [0.2, 0.25) is 0 Å². The molecule has 0 aromatic heterocycles. The van der Waals surface area contributed by atoms with Gasteiger partial charge in [0.2, 0.25) is 0 Å². The maximum Gasteiger partial charge on any atom is 0.404 e. The molecule has 3 aromatic carbocycles. The van der Waals surface area contributed by atoms with Crippen molar-refractivity contribution in [2.45, 2.75) is 80.6 Å². The number of nitrogens with zero attached hydrogens (tertiary/aromatic N) is 3. The maximum absolute atomic E-state index is 6.63. The summed E-state index contributed by atoms with van der Waals surface area (Å²) in [4.78, 5) is 0. The third kappa shape index (κ3) is 8.83. The number of hydrogen-bond donors (Lipinski definition) is 0. The van der Waals surface area contributed by atoms with Crippen LogP contribution in [0.5, 0.6) is 17.2 Å². The van der Waals surface area contributed by atoms with E-state index in [2.05, 4.69) is 0 Å². The molecule has 9 nitrogen and oxygen atoms in total. The summed E-state index contributed by atoms with van der Waals surface area (Å²) in [7, 11) is -10.7. The van der Waals surface area contributed by atoms with Crippen LogP contribution < -0.4 is 13.6 Å². The summed E-state index contributed by atoms with van der Waals surface area (Å²) in [5.41, 5.74) is 3.27. The van der Waals surface area contributed by atoms with E-state index in [1.165, 1.54) is 0 Å². The van der Waals surface area contributed by atoms with E-state index in [9.17, 15) is 0 Å². The molecule has 0 bridgehead atoms. The van der Waals surface area contributed by atoms with E-state index in [0.717, 1.165) is 16.7 Å². The standard InChI is InChI=1S/C30H42N3O6P3/c1-22(2)34-40(37-28-16-10-25(7)11-17-28)31-41(35-23(3)4,38-29-18-12-26(8)13-19-29)33-42(32-40,36-24(5)6)39-30-20-14-27(9)15-21-30/h10-24H,1-9H3.